The molecule has 2 aliphatic heterocycles. The number of fused-ring (bicyclic) bond motifs is 1. The molecular formula is C19H25N3O3. The molecule has 0 spiro atoms. The summed E-state index contributed by atoms with van der Waals surface area (Å²) in [5.74, 6) is 0.0480. The lowest BCUT2D eigenvalue weighted by atomic mass is 9.97. The van der Waals surface area contributed by atoms with E-state index in [9.17, 15) is 14.4 Å². The van der Waals surface area contributed by atoms with E-state index in [2.05, 4.69) is 5.32 Å². The maximum atomic E-state index is 12.7. The largest absolute Gasteiger partial charge is 0.342 e. The lowest BCUT2D eigenvalue weighted by Gasteiger charge is -2.45. The van der Waals surface area contributed by atoms with Crippen molar-refractivity contribution in [2.75, 3.05) is 19.6 Å². The van der Waals surface area contributed by atoms with Crippen LogP contribution in [0.3, 0.4) is 0 Å². The van der Waals surface area contributed by atoms with E-state index in [-0.39, 0.29) is 24.3 Å². The highest BCUT2D eigenvalue weighted by Crippen LogP contribution is 2.20. The summed E-state index contributed by atoms with van der Waals surface area (Å²) in [4.78, 5) is 41.1. The zero-order valence-corrected chi connectivity index (χ0v) is 15.0. The molecule has 6 heteroatoms. The van der Waals surface area contributed by atoms with Gasteiger partial charge in [0, 0.05) is 18.7 Å². The van der Waals surface area contributed by atoms with E-state index in [0.29, 0.717) is 31.0 Å². The van der Waals surface area contributed by atoms with Crippen LogP contribution in [0.5, 0.6) is 0 Å². The lowest BCUT2D eigenvalue weighted by Crippen LogP contribution is -2.69. The first-order valence-corrected chi connectivity index (χ1v) is 8.83. The highest BCUT2D eigenvalue weighted by Gasteiger charge is 2.44. The topological polar surface area (TPSA) is 69.7 Å². The molecule has 3 amide bonds. The molecule has 6 nitrogen and oxygen atoms in total. The average molecular weight is 343 g/mol. The van der Waals surface area contributed by atoms with E-state index in [1.54, 1.807) is 21.9 Å². The van der Waals surface area contributed by atoms with E-state index in [1.165, 1.54) is 0 Å². The van der Waals surface area contributed by atoms with Crippen molar-refractivity contribution in [1.29, 1.82) is 0 Å². The first-order valence-electron chi connectivity index (χ1n) is 8.83. The van der Waals surface area contributed by atoms with Crippen molar-refractivity contribution < 1.29 is 14.4 Å². The van der Waals surface area contributed by atoms with Crippen molar-refractivity contribution in [1.82, 2.24) is 15.1 Å². The fourth-order valence-electron chi connectivity index (χ4n) is 3.50. The van der Waals surface area contributed by atoms with Gasteiger partial charge in [-0.25, -0.2) is 0 Å². The molecule has 2 saturated heterocycles. The fraction of sp³-hybridized carbons (Fsp3) is 0.526. The monoisotopic (exact) mass is 343 g/mol. The van der Waals surface area contributed by atoms with Gasteiger partial charge in [0.05, 0.1) is 6.54 Å². The molecule has 0 aromatic heterocycles. The minimum Gasteiger partial charge on any atom is -0.342 e. The normalized spacial score (nSPS) is 23.5. The summed E-state index contributed by atoms with van der Waals surface area (Å²) in [7, 11) is 0. The molecule has 2 aliphatic rings. The third-order valence-corrected chi connectivity index (χ3v) is 4.87. The van der Waals surface area contributed by atoms with Crippen molar-refractivity contribution in [3.8, 4) is 0 Å². The smallest absolute Gasteiger partial charge is 0.253 e. The third-order valence-electron chi connectivity index (χ3n) is 4.87. The van der Waals surface area contributed by atoms with E-state index in [1.807, 2.05) is 32.9 Å². The molecule has 0 unspecified atom stereocenters. The second-order valence-corrected chi connectivity index (χ2v) is 7.36. The molecule has 2 heterocycles. The molecular weight excluding hydrogens is 318 g/mol. The van der Waals surface area contributed by atoms with Gasteiger partial charge < -0.3 is 15.1 Å². The van der Waals surface area contributed by atoms with Gasteiger partial charge in [0.25, 0.3) is 5.91 Å². The predicted molar refractivity (Wildman–Crippen MR) is 94.0 cm³/mol. The number of carbonyl (C=O) groups excluding carboxylic acids is 3. The van der Waals surface area contributed by atoms with Gasteiger partial charge in [-0.2, -0.15) is 0 Å². The minimum atomic E-state index is -0.584. The Morgan fingerprint density at radius 2 is 1.88 bits per heavy atom. The fourth-order valence-corrected chi connectivity index (χ4v) is 3.50. The molecule has 0 radical (unpaired) electrons. The van der Waals surface area contributed by atoms with Crippen molar-refractivity contribution in [2.24, 2.45) is 5.92 Å². The zero-order chi connectivity index (χ0) is 18.1. The Kier molecular flexibility index (Phi) is 4.79. The van der Waals surface area contributed by atoms with Crippen molar-refractivity contribution >= 4 is 17.7 Å². The molecule has 1 aromatic rings. The van der Waals surface area contributed by atoms with Crippen molar-refractivity contribution in [2.45, 2.75) is 39.3 Å². The second kappa shape index (κ2) is 6.86. The van der Waals surface area contributed by atoms with Gasteiger partial charge in [-0.15, -0.1) is 0 Å². The molecule has 0 aliphatic carbocycles. The number of benzene rings is 1. The summed E-state index contributed by atoms with van der Waals surface area (Å²) < 4.78 is 0. The maximum Gasteiger partial charge on any atom is 0.253 e. The minimum absolute atomic E-state index is 0.0271. The standard InChI is InChI=1S/C19H25N3O3/c1-12(2)10-15-19(25)22-9-8-21(11-16(22)17(23)20-15)18(24)14-6-4-13(3)5-7-14/h4-7,12,15-16H,8-11H2,1-3H3,(H,20,23)/t15-,16+/m0/s1. The number of amides is 3. The summed E-state index contributed by atoms with van der Waals surface area (Å²) in [6.45, 7) is 7.14. The molecule has 1 aromatic carbocycles. The number of carbonyl (C=O) groups is 3. The Morgan fingerprint density at radius 1 is 1.20 bits per heavy atom. The van der Waals surface area contributed by atoms with Crippen molar-refractivity contribution in [3.63, 3.8) is 0 Å². The Hall–Kier alpha value is -2.37. The van der Waals surface area contributed by atoms with Crippen LogP contribution in [0, 0.1) is 12.8 Å². The van der Waals surface area contributed by atoms with Gasteiger partial charge in [0.1, 0.15) is 12.1 Å². The molecule has 2 fully saturated rings. The third kappa shape index (κ3) is 3.52. The quantitative estimate of drug-likeness (QED) is 0.896. The molecule has 0 saturated carbocycles. The van der Waals surface area contributed by atoms with Crippen molar-refractivity contribution in [3.05, 3.63) is 35.4 Å². The van der Waals surface area contributed by atoms with E-state index >= 15 is 0 Å². The van der Waals surface area contributed by atoms with Gasteiger partial charge >= 0.3 is 0 Å². The van der Waals surface area contributed by atoms with E-state index in [4.69, 9.17) is 0 Å². The van der Waals surface area contributed by atoms with Gasteiger partial charge in [-0.1, -0.05) is 31.5 Å². The molecule has 134 valence electrons. The highest BCUT2D eigenvalue weighted by molar-refractivity contribution is 5.99. The Morgan fingerprint density at radius 3 is 2.52 bits per heavy atom. The summed E-state index contributed by atoms with van der Waals surface area (Å²) in [6, 6.07) is 6.37. The van der Waals surface area contributed by atoms with E-state index < -0.39 is 12.1 Å². The number of nitrogens with zero attached hydrogens (tertiary/aromatic N) is 2. The van der Waals surface area contributed by atoms with Crippen LogP contribution in [-0.4, -0.2) is 59.2 Å². The average Bonchev–Trinajstić information content (AvgIpc) is 2.58. The Balaban J connectivity index is 1.71. The number of nitrogens with one attached hydrogen (secondary N) is 1. The Bertz CT molecular complexity index is 684. The summed E-state index contributed by atoms with van der Waals surface area (Å²) in [6.07, 6.45) is 0.639. The van der Waals surface area contributed by atoms with Gasteiger partial charge in [0.15, 0.2) is 0 Å². The number of piperazine rings is 2. The van der Waals surface area contributed by atoms with Crippen LogP contribution in [0.1, 0.15) is 36.2 Å². The van der Waals surface area contributed by atoms with Crippen LogP contribution in [0.25, 0.3) is 0 Å². The first kappa shape index (κ1) is 17.5. The number of hydrogen-bond acceptors (Lipinski definition) is 3. The number of aryl methyl sites for hydroxylation is 1. The van der Waals surface area contributed by atoms with E-state index in [0.717, 1.165) is 5.56 Å². The molecule has 3 rings (SSSR count). The molecule has 25 heavy (non-hydrogen) atoms. The molecule has 1 N–H and O–H groups in total. The summed E-state index contributed by atoms with van der Waals surface area (Å²) in [5, 5.41) is 2.84. The van der Waals surface area contributed by atoms with Crippen LogP contribution < -0.4 is 5.32 Å². The molecule has 2 atom stereocenters. The van der Waals surface area contributed by atoms with Gasteiger partial charge in [0.2, 0.25) is 11.8 Å². The van der Waals surface area contributed by atoms with Gasteiger partial charge in [-0.3, -0.25) is 14.4 Å². The van der Waals surface area contributed by atoms with Crippen LogP contribution in [0.4, 0.5) is 0 Å². The summed E-state index contributed by atoms with van der Waals surface area (Å²) >= 11 is 0. The SMILES string of the molecule is Cc1ccc(C(=O)N2CCN3C(=O)[C@H](CC(C)C)NC(=O)[C@H]3C2)cc1. The van der Waals surface area contributed by atoms with Crippen LogP contribution in [0.15, 0.2) is 24.3 Å². The second-order valence-electron chi connectivity index (χ2n) is 7.36. The number of rotatable bonds is 3. The first-order chi connectivity index (χ1) is 11.9. The van der Waals surface area contributed by atoms with Crippen LogP contribution in [-0.2, 0) is 9.59 Å². The maximum absolute atomic E-state index is 12.7. The highest BCUT2D eigenvalue weighted by atomic mass is 16.2. The predicted octanol–water partition coefficient (Wildman–Crippen LogP) is 1.19. The van der Waals surface area contributed by atoms with Crippen LogP contribution in [0.2, 0.25) is 0 Å². The lowest BCUT2D eigenvalue weighted by molar-refractivity contribution is -0.152. The summed E-state index contributed by atoms with van der Waals surface area (Å²) in [5.41, 5.74) is 1.70. The number of hydrogen-bond donors (Lipinski definition) is 1. The Labute approximate surface area is 148 Å². The zero-order valence-electron chi connectivity index (χ0n) is 15.0. The van der Waals surface area contributed by atoms with Crippen LogP contribution >= 0.6 is 0 Å². The molecule has 0 bridgehead atoms. The van der Waals surface area contributed by atoms with Gasteiger partial charge in [-0.05, 0) is 31.4 Å².